The van der Waals surface area contributed by atoms with E-state index in [2.05, 4.69) is 75.8 Å². The first-order chi connectivity index (χ1) is 21.5. The van der Waals surface area contributed by atoms with Gasteiger partial charge in [-0.25, -0.2) is 13.2 Å². The zero-order valence-electron chi connectivity index (χ0n) is 22.1. The predicted octanol–water partition coefficient (Wildman–Crippen LogP) is -6.26. The summed E-state index contributed by atoms with van der Waals surface area (Å²) in [7, 11) is 0. The zero-order chi connectivity index (χ0) is 31.7. The molecule has 9 aromatic heterocycles. The van der Waals surface area contributed by atoms with Crippen LogP contribution in [0.5, 0.6) is 0 Å². The molecule has 228 valence electrons. The van der Waals surface area contributed by atoms with E-state index in [1.165, 1.54) is 26.7 Å². The smallest absolute Gasteiger partial charge is 0.262 e. The van der Waals surface area contributed by atoms with Crippen molar-refractivity contribution in [1.29, 1.82) is 0 Å². The summed E-state index contributed by atoms with van der Waals surface area (Å²) in [6.45, 7) is 0. The van der Waals surface area contributed by atoms with Gasteiger partial charge in [0.2, 0.25) is 65.1 Å². The molecule has 18 N–H and O–H groups in total. The lowest BCUT2D eigenvalue weighted by molar-refractivity contribution is 0.859. The van der Waals surface area contributed by atoms with Crippen molar-refractivity contribution in [3.05, 3.63) is 0 Å². The highest BCUT2D eigenvalue weighted by Crippen LogP contribution is 2.14. The number of nitrogens with two attached hydrogens (primary N) is 9. The maximum absolute atomic E-state index is 5.65. The summed E-state index contributed by atoms with van der Waals surface area (Å²) in [6, 6.07) is 0. The number of nitrogens with zero attached hydrogens (tertiary/aromatic N) is 21. The van der Waals surface area contributed by atoms with Gasteiger partial charge in [-0.15, -0.1) is 45.9 Å². The molecule has 9 aromatic rings. The lowest BCUT2D eigenvalue weighted by atomic mass is 10.8. The van der Waals surface area contributed by atoms with Gasteiger partial charge in [0.15, 0.2) is 0 Å². The molecule has 0 bridgehead atoms. The van der Waals surface area contributed by atoms with E-state index in [9.17, 15) is 0 Å². The van der Waals surface area contributed by atoms with Crippen LogP contribution in [-0.4, -0.2) is 103 Å². The Labute approximate surface area is 242 Å². The molecule has 0 fully saturated rings. The first-order valence-corrected chi connectivity index (χ1v) is 11.8. The van der Waals surface area contributed by atoms with Gasteiger partial charge >= 0.3 is 0 Å². The van der Waals surface area contributed by atoms with Crippen LogP contribution in [0, 0.1) is 0 Å². The Morgan fingerprint density at radius 1 is 0.311 bits per heavy atom. The Morgan fingerprint density at radius 3 is 1.40 bits per heavy atom. The highest BCUT2D eigenvalue weighted by molar-refractivity contribution is 5.55. The number of hydrogen-bond donors (Lipinski definition) is 9. The third kappa shape index (κ3) is 3.94. The van der Waals surface area contributed by atoms with Gasteiger partial charge in [0.05, 0.1) is 0 Å². The molecular weight excluding hydrogens is 600 g/mol. The van der Waals surface area contributed by atoms with E-state index in [0.717, 1.165) is 0 Å². The summed E-state index contributed by atoms with van der Waals surface area (Å²) in [6.07, 6.45) is 0. The molecular formula is C15H18N30. The molecule has 0 aliphatic rings. The minimum absolute atomic E-state index is 0.0732. The summed E-state index contributed by atoms with van der Waals surface area (Å²) in [5, 5.41) is 33.8. The van der Waals surface area contributed by atoms with Crippen LogP contribution >= 0.6 is 0 Å². The lowest BCUT2D eigenvalue weighted by Gasteiger charge is -2.00. The molecule has 0 saturated carbocycles. The molecule has 0 saturated heterocycles. The van der Waals surface area contributed by atoms with Gasteiger partial charge in [-0.1, -0.05) is 0 Å². The fourth-order valence-corrected chi connectivity index (χ4v) is 3.96. The largest absolute Gasteiger partial charge is 0.369 e. The SMILES string of the molecule is Nc1nc2n(n1)c(N)nc1nc(N)nn12.Nc1nc2n(n1)c(N)nc1nnc(N)n12.Nc1nnc2n1c(N)nc1nnc(N)n12. The van der Waals surface area contributed by atoms with Crippen LogP contribution in [0.1, 0.15) is 0 Å². The second-order valence-corrected chi connectivity index (χ2v) is 8.54. The van der Waals surface area contributed by atoms with E-state index in [-0.39, 0.29) is 70.9 Å². The first-order valence-electron chi connectivity index (χ1n) is 11.8. The summed E-state index contributed by atoms with van der Waals surface area (Å²) < 4.78 is 8.00. The normalized spacial score (nSPS) is 11.5. The van der Waals surface area contributed by atoms with Gasteiger partial charge in [0.1, 0.15) is 0 Å². The maximum atomic E-state index is 5.65. The molecule has 9 rings (SSSR count). The number of fused-ring (bicyclic) bond motifs is 9. The third-order valence-electron chi connectivity index (χ3n) is 5.73. The van der Waals surface area contributed by atoms with Crippen molar-refractivity contribution in [3.8, 4) is 0 Å². The van der Waals surface area contributed by atoms with Crippen LogP contribution in [0.2, 0.25) is 0 Å². The Bertz CT molecular complexity index is 2500. The molecule has 0 radical (unpaired) electrons. The Morgan fingerprint density at radius 2 is 0.756 bits per heavy atom. The average molecular weight is 619 g/mol. The Kier molecular flexibility index (Phi) is 5.21. The van der Waals surface area contributed by atoms with Crippen LogP contribution in [0.15, 0.2) is 0 Å². The van der Waals surface area contributed by atoms with Crippen LogP contribution < -0.4 is 51.6 Å². The molecule has 0 aliphatic carbocycles. The van der Waals surface area contributed by atoms with Gasteiger partial charge in [0.25, 0.3) is 23.1 Å². The number of hydrogen-bond acceptors (Lipinski definition) is 24. The zero-order valence-corrected chi connectivity index (χ0v) is 22.1. The van der Waals surface area contributed by atoms with E-state index in [1.54, 1.807) is 0 Å². The minimum atomic E-state index is 0.0732. The average Bonchev–Trinajstić information content (AvgIpc) is 3.82. The van der Waals surface area contributed by atoms with Crippen LogP contribution in [0.3, 0.4) is 0 Å². The number of anilines is 9. The van der Waals surface area contributed by atoms with Crippen LogP contribution in [-0.2, 0) is 0 Å². The minimum Gasteiger partial charge on any atom is -0.369 e. The summed E-state index contributed by atoms with van der Waals surface area (Å²) in [5.41, 5.74) is 49.9. The molecule has 0 aromatic carbocycles. The second kappa shape index (κ2) is 9.03. The molecule has 45 heavy (non-hydrogen) atoms. The van der Waals surface area contributed by atoms with Gasteiger partial charge in [0, 0.05) is 0 Å². The third-order valence-corrected chi connectivity index (χ3v) is 5.73. The van der Waals surface area contributed by atoms with E-state index in [1.807, 2.05) is 0 Å². The molecule has 0 aliphatic heterocycles. The molecule has 0 unspecified atom stereocenters. The summed E-state index contributed by atoms with van der Waals surface area (Å²) in [4.78, 5) is 23.5. The molecule has 30 nitrogen and oxygen atoms in total. The second-order valence-electron chi connectivity index (χ2n) is 8.54. The molecule has 0 spiro atoms. The summed E-state index contributed by atoms with van der Waals surface area (Å²) in [5.74, 6) is 2.77. The van der Waals surface area contributed by atoms with E-state index >= 15 is 0 Å². The monoisotopic (exact) mass is 618 g/mol. The van der Waals surface area contributed by atoms with Crippen molar-refractivity contribution in [3.63, 3.8) is 0 Å². The van der Waals surface area contributed by atoms with Crippen LogP contribution in [0.4, 0.5) is 53.5 Å². The van der Waals surface area contributed by atoms with E-state index in [0.29, 0.717) is 17.3 Å². The Balaban J connectivity index is 0.000000108. The molecule has 0 amide bonds. The summed E-state index contributed by atoms with van der Waals surface area (Å²) >= 11 is 0. The van der Waals surface area contributed by atoms with Gasteiger partial charge in [-0.2, -0.15) is 43.5 Å². The fraction of sp³-hybridized carbons (Fsp3) is 0. The number of aromatic nitrogens is 21. The molecule has 30 heteroatoms. The quantitative estimate of drug-likeness (QED) is 0.0762. The van der Waals surface area contributed by atoms with E-state index in [4.69, 9.17) is 51.6 Å². The van der Waals surface area contributed by atoms with Crippen molar-refractivity contribution in [2.45, 2.75) is 0 Å². The number of nitrogen functional groups attached to an aromatic ring is 9. The molecule has 0 atom stereocenters. The highest BCUT2D eigenvalue weighted by atomic mass is 15.5. The van der Waals surface area contributed by atoms with Gasteiger partial charge < -0.3 is 51.6 Å². The van der Waals surface area contributed by atoms with Gasteiger partial charge in [-0.05, 0) is 0 Å². The maximum Gasteiger partial charge on any atom is 0.262 e. The Hall–Kier alpha value is -7.95. The molecule has 9 heterocycles. The van der Waals surface area contributed by atoms with Gasteiger partial charge in [-0.3, -0.25) is 0 Å². The standard InChI is InChI=1S/3C5H6N10/c6-1-9-5-14-3(8)11-12-4(14)10-2(7)15(5)13-1;6-1-9-4-12-10-3(8)15(4)5-13-11-2(7)14(1)5;6-1-9-4-11-3(8)14-5(15(4)13-1)10-2(7)12-14/h(H2,6,13)(H2,8,11)(H2,7,10,12);(H2,7,11)(H2,8,10)(H2,6,9,12);(H2,7,12)(H4,6,8,9,11,13). The number of rotatable bonds is 0. The lowest BCUT2D eigenvalue weighted by Crippen LogP contribution is -2.08. The topological polar surface area (TPSA) is 454 Å². The van der Waals surface area contributed by atoms with Crippen LogP contribution in [0.25, 0.3) is 34.7 Å². The predicted molar refractivity (Wildman–Crippen MR) is 152 cm³/mol. The van der Waals surface area contributed by atoms with Crippen molar-refractivity contribution in [2.24, 2.45) is 0 Å². The van der Waals surface area contributed by atoms with Crippen molar-refractivity contribution < 1.29 is 0 Å². The fourth-order valence-electron chi connectivity index (χ4n) is 3.96. The van der Waals surface area contributed by atoms with Crippen molar-refractivity contribution >= 4 is 88.2 Å². The van der Waals surface area contributed by atoms with Crippen molar-refractivity contribution in [1.82, 2.24) is 103 Å². The highest BCUT2D eigenvalue weighted by Gasteiger charge is 2.16. The van der Waals surface area contributed by atoms with Crippen molar-refractivity contribution in [2.75, 3.05) is 51.6 Å². The van der Waals surface area contributed by atoms with E-state index < -0.39 is 0 Å². The first kappa shape index (κ1) is 26.0.